The summed E-state index contributed by atoms with van der Waals surface area (Å²) in [7, 11) is 0. The molecular formula is C23H45IN6O. The van der Waals surface area contributed by atoms with E-state index in [-0.39, 0.29) is 30.0 Å². The second-order valence-electron chi connectivity index (χ2n) is 9.37. The first-order valence-electron chi connectivity index (χ1n) is 12.4. The third-order valence-corrected chi connectivity index (χ3v) is 6.91. The van der Waals surface area contributed by atoms with Crippen LogP contribution in [0.15, 0.2) is 4.99 Å². The third kappa shape index (κ3) is 8.03. The van der Waals surface area contributed by atoms with Crippen LogP contribution in [-0.2, 0) is 4.79 Å². The number of rotatable bonds is 7. The maximum absolute atomic E-state index is 12.7. The lowest BCUT2D eigenvalue weighted by Crippen LogP contribution is -2.57. The van der Waals surface area contributed by atoms with Crippen molar-refractivity contribution < 1.29 is 4.79 Å². The number of piperazine rings is 1. The molecule has 3 aliphatic rings. The van der Waals surface area contributed by atoms with Crippen LogP contribution in [0.4, 0.5) is 0 Å². The summed E-state index contributed by atoms with van der Waals surface area (Å²) in [6.07, 6.45) is 6.17. The molecule has 8 heteroatoms. The van der Waals surface area contributed by atoms with Gasteiger partial charge in [0.2, 0.25) is 5.91 Å². The van der Waals surface area contributed by atoms with Crippen molar-refractivity contribution in [3.63, 3.8) is 0 Å². The van der Waals surface area contributed by atoms with E-state index in [4.69, 9.17) is 4.99 Å². The Hall–Kier alpha value is -0.610. The summed E-state index contributed by atoms with van der Waals surface area (Å²) in [5.41, 5.74) is 0. The van der Waals surface area contributed by atoms with Crippen LogP contribution in [-0.4, -0.2) is 110 Å². The molecule has 3 aliphatic heterocycles. The fourth-order valence-electron chi connectivity index (χ4n) is 5.07. The van der Waals surface area contributed by atoms with Gasteiger partial charge >= 0.3 is 0 Å². The molecule has 0 saturated carbocycles. The number of hydrogen-bond donors (Lipinski definition) is 1. The fourth-order valence-corrected chi connectivity index (χ4v) is 5.07. The van der Waals surface area contributed by atoms with Gasteiger partial charge in [0.25, 0.3) is 0 Å². The number of aliphatic imine (C=N–C) groups is 1. The van der Waals surface area contributed by atoms with Crippen LogP contribution in [0.5, 0.6) is 0 Å². The highest BCUT2D eigenvalue weighted by Gasteiger charge is 2.30. The Morgan fingerprint density at radius 2 is 1.74 bits per heavy atom. The van der Waals surface area contributed by atoms with Gasteiger partial charge < -0.3 is 20.0 Å². The average Bonchev–Trinajstić information content (AvgIpc) is 3.30. The minimum Gasteiger partial charge on any atom is -0.357 e. The molecule has 7 nitrogen and oxygen atoms in total. The Kier molecular flexibility index (Phi) is 11.9. The van der Waals surface area contributed by atoms with Crippen molar-refractivity contribution in [2.24, 2.45) is 10.9 Å². The zero-order chi connectivity index (χ0) is 21.3. The van der Waals surface area contributed by atoms with E-state index >= 15 is 0 Å². The number of piperidine rings is 1. The molecule has 0 spiro atoms. The Morgan fingerprint density at radius 1 is 1.03 bits per heavy atom. The van der Waals surface area contributed by atoms with E-state index in [0.717, 1.165) is 90.0 Å². The fraction of sp³-hybridized carbons (Fsp3) is 0.913. The number of amides is 1. The molecule has 31 heavy (non-hydrogen) atoms. The van der Waals surface area contributed by atoms with Gasteiger partial charge in [0.05, 0.1) is 6.04 Å². The lowest BCUT2D eigenvalue weighted by atomic mass is 10.0. The zero-order valence-electron chi connectivity index (χ0n) is 20.0. The molecular weight excluding hydrogens is 503 g/mol. The lowest BCUT2D eigenvalue weighted by molar-refractivity contribution is -0.135. The number of nitrogens with zero attached hydrogens (tertiary/aromatic N) is 5. The molecule has 3 fully saturated rings. The Balaban J connectivity index is 0.00000341. The highest BCUT2D eigenvalue weighted by atomic mass is 127. The van der Waals surface area contributed by atoms with Crippen molar-refractivity contribution >= 4 is 35.8 Å². The van der Waals surface area contributed by atoms with E-state index in [1.807, 2.05) is 4.90 Å². The van der Waals surface area contributed by atoms with Crippen molar-refractivity contribution in [1.29, 1.82) is 0 Å². The Bertz CT molecular complexity index is 560. The van der Waals surface area contributed by atoms with Crippen molar-refractivity contribution in [1.82, 2.24) is 24.9 Å². The standard InChI is InChI=1S/C23H44N6O.HI/c1-4-24-23(25-10-8-12-26-11-7-9-20(2)19-26)29-17-15-27(16-18-29)21(3)22(30)28-13-5-6-14-28;/h20-21H,4-19H2,1-3H3,(H,24,25);1H. The minimum atomic E-state index is -0.00305. The molecule has 180 valence electrons. The summed E-state index contributed by atoms with van der Waals surface area (Å²) in [6, 6.07) is -0.00305. The monoisotopic (exact) mass is 548 g/mol. The maximum atomic E-state index is 12.7. The van der Waals surface area contributed by atoms with Gasteiger partial charge in [-0.2, -0.15) is 0 Å². The summed E-state index contributed by atoms with van der Waals surface area (Å²) in [6.45, 7) is 17.6. The molecule has 3 heterocycles. The van der Waals surface area contributed by atoms with Crippen molar-refractivity contribution in [2.75, 3.05) is 72.0 Å². The summed E-state index contributed by atoms with van der Waals surface area (Å²) >= 11 is 0. The van der Waals surface area contributed by atoms with E-state index in [1.54, 1.807) is 0 Å². The normalized spacial score (nSPS) is 24.7. The highest BCUT2D eigenvalue weighted by molar-refractivity contribution is 14.0. The molecule has 0 radical (unpaired) electrons. The first-order valence-corrected chi connectivity index (χ1v) is 12.4. The molecule has 0 aliphatic carbocycles. The lowest BCUT2D eigenvalue weighted by Gasteiger charge is -2.39. The van der Waals surface area contributed by atoms with Gasteiger partial charge in [0, 0.05) is 58.9 Å². The van der Waals surface area contributed by atoms with Crippen LogP contribution in [0, 0.1) is 5.92 Å². The molecule has 2 unspecified atom stereocenters. The van der Waals surface area contributed by atoms with Crippen molar-refractivity contribution in [3.05, 3.63) is 0 Å². The second-order valence-corrected chi connectivity index (χ2v) is 9.37. The predicted octanol–water partition coefficient (Wildman–Crippen LogP) is 2.32. The number of halogens is 1. The summed E-state index contributed by atoms with van der Waals surface area (Å²) < 4.78 is 0. The van der Waals surface area contributed by atoms with E-state index in [0.29, 0.717) is 5.91 Å². The summed E-state index contributed by atoms with van der Waals surface area (Å²) in [4.78, 5) is 27.0. The highest BCUT2D eigenvalue weighted by Crippen LogP contribution is 2.16. The van der Waals surface area contributed by atoms with Gasteiger partial charge in [-0.3, -0.25) is 14.7 Å². The van der Waals surface area contributed by atoms with Crippen LogP contribution in [0.1, 0.15) is 52.9 Å². The molecule has 0 aromatic heterocycles. The summed E-state index contributed by atoms with van der Waals surface area (Å²) in [5, 5.41) is 3.48. The van der Waals surface area contributed by atoms with Gasteiger partial charge in [-0.15, -0.1) is 24.0 Å². The SMILES string of the molecule is CCNC(=NCCCN1CCCC(C)C1)N1CCN(C(C)C(=O)N2CCCC2)CC1.I. The molecule has 3 saturated heterocycles. The number of likely N-dealkylation sites (tertiary alicyclic amines) is 2. The number of hydrogen-bond acceptors (Lipinski definition) is 4. The predicted molar refractivity (Wildman–Crippen MR) is 139 cm³/mol. The minimum absolute atomic E-state index is 0. The number of guanidine groups is 1. The van der Waals surface area contributed by atoms with Crippen LogP contribution >= 0.6 is 24.0 Å². The van der Waals surface area contributed by atoms with E-state index in [2.05, 4.69) is 40.8 Å². The van der Waals surface area contributed by atoms with Gasteiger partial charge in [0.15, 0.2) is 5.96 Å². The molecule has 1 amide bonds. The third-order valence-electron chi connectivity index (χ3n) is 6.91. The smallest absolute Gasteiger partial charge is 0.239 e. The van der Waals surface area contributed by atoms with Crippen molar-refractivity contribution in [3.8, 4) is 0 Å². The molecule has 0 aromatic carbocycles. The van der Waals surface area contributed by atoms with Gasteiger partial charge in [0.1, 0.15) is 0 Å². The summed E-state index contributed by atoms with van der Waals surface area (Å²) in [5.74, 6) is 2.20. The second kappa shape index (κ2) is 13.8. The largest absolute Gasteiger partial charge is 0.357 e. The van der Waals surface area contributed by atoms with Crippen LogP contribution in [0.2, 0.25) is 0 Å². The number of nitrogens with one attached hydrogen (secondary N) is 1. The molecule has 0 aromatic rings. The average molecular weight is 549 g/mol. The first kappa shape index (κ1) is 26.6. The van der Waals surface area contributed by atoms with Crippen LogP contribution in [0.25, 0.3) is 0 Å². The zero-order valence-corrected chi connectivity index (χ0v) is 22.4. The van der Waals surface area contributed by atoms with Crippen LogP contribution in [0.3, 0.4) is 0 Å². The number of carbonyl (C=O) groups is 1. The topological polar surface area (TPSA) is 54.4 Å². The van der Waals surface area contributed by atoms with E-state index in [9.17, 15) is 4.79 Å². The maximum Gasteiger partial charge on any atom is 0.239 e. The molecule has 1 N–H and O–H groups in total. The first-order chi connectivity index (χ1) is 14.6. The molecule has 3 rings (SSSR count). The molecule has 0 bridgehead atoms. The van der Waals surface area contributed by atoms with Crippen molar-refractivity contribution in [2.45, 2.75) is 58.9 Å². The Morgan fingerprint density at radius 3 is 2.39 bits per heavy atom. The van der Waals surface area contributed by atoms with Crippen LogP contribution < -0.4 is 5.32 Å². The molecule has 2 atom stereocenters. The van der Waals surface area contributed by atoms with Gasteiger partial charge in [-0.1, -0.05) is 6.92 Å². The van der Waals surface area contributed by atoms with Gasteiger partial charge in [-0.25, -0.2) is 0 Å². The Labute approximate surface area is 207 Å². The number of carbonyl (C=O) groups excluding carboxylic acids is 1. The quantitative estimate of drug-likeness (QED) is 0.229. The van der Waals surface area contributed by atoms with Gasteiger partial charge in [-0.05, 0) is 65.0 Å². The van der Waals surface area contributed by atoms with E-state index < -0.39 is 0 Å². The van der Waals surface area contributed by atoms with E-state index in [1.165, 1.54) is 25.9 Å².